The molecule has 26 heavy (non-hydrogen) atoms. The normalized spacial score (nSPS) is 12.9. The summed E-state index contributed by atoms with van der Waals surface area (Å²) in [4.78, 5) is 24.0. The molecule has 0 aromatic carbocycles. The van der Waals surface area contributed by atoms with E-state index in [9.17, 15) is 9.59 Å². The maximum absolute atomic E-state index is 12.1. The molecular formula is C19H23N5O2. The highest BCUT2D eigenvalue weighted by molar-refractivity contribution is 6.02. The minimum Gasteiger partial charge on any atom is -0.380 e. The summed E-state index contributed by atoms with van der Waals surface area (Å²) in [5, 5.41) is 7.67. The molecule has 3 aromatic heterocycles. The monoisotopic (exact) mass is 353 g/mol. The SMILES string of the molecule is C[C@@H](Nc1c(C(N)=O)cnn2cc(-n3ccccc3=O)cc12)C(C)(C)C. The summed E-state index contributed by atoms with van der Waals surface area (Å²) in [5.74, 6) is -0.553. The van der Waals surface area contributed by atoms with Gasteiger partial charge in [-0.1, -0.05) is 26.8 Å². The highest BCUT2D eigenvalue weighted by Crippen LogP contribution is 2.29. The molecule has 136 valence electrons. The largest absolute Gasteiger partial charge is 0.380 e. The van der Waals surface area contributed by atoms with Crippen molar-refractivity contribution in [1.82, 2.24) is 14.2 Å². The summed E-state index contributed by atoms with van der Waals surface area (Å²) in [6.07, 6.45) is 4.88. The molecule has 7 heteroatoms. The standard InChI is InChI=1S/C19H23N5O2/c1-12(19(2,3)4)22-17-14(18(20)26)10-21-24-11-13(9-15(17)24)23-8-6-5-7-16(23)25/h5-12,22H,1-4H3,(H2,20,26)/t12-/m1/s1. The summed E-state index contributed by atoms with van der Waals surface area (Å²) in [5.41, 5.74) is 7.66. The molecule has 1 atom stereocenters. The molecule has 3 rings (SSSR count). The molecular weight excluding hydrogens is 330 g/mol. The number of hydrogen-bond acceptors (Lipinski definition) is 4. The van der Waals surface area contributed by atoms with Crippen molar-refractivity contribution in [2.45, 2.75) is 33.7 Å². The van der Waals surface area contributed by atoms with Crippen LogP contribution in [0.4, 0.5) is 5.69 Å². The van der Waals surface area contributed by atoms with E-state index in [0.717, 1.165) is 0 Å². The number of fused-ring (bicyclic) bond motifs is 1. The first-order chi connectivity index (χ1) is 12.2. The minimum atomic E-state index is -0.553. The molecule has 0 unspecified atom stereocenters. The van der Waals surface area contributed by atoms with Gasteiger partial charge in [-0.2, -0.15) is 5.10 Å². The topological polar surface area (TPSA) is 94.4 Å². The maximum Gasteiger partial charge on any atom is 0.255 e. The lowest BCUT2D eigenvalue weighted by molar-refractivity contribution is 0.100. The smallest absolute Gasteiger partial charge is 0.255 e. The van der Waals surface area contributed by atoms with Gasteiger partial charge in [0.05, 0.1) is 34.8 Å². The molecule has 3 aromatic rings. The fourth-order valence-electron chi connectivity index (χ4n) is 2.59. The van der Waals surface area contributed by atoms with Gasteiger partial charge in [0.1, 0.15) is 0 Å². The summed E-state index contributed by atoms with van der Waals surface area (Å²) < 4.78 is 3.16. The van der Waals surface area contributed by atoms with E-state index in [1.807, 2.05) is 13.0 Å². The van der Waals surface area contributed by atoms with E-state index in [1.54, 1.807) is 29.0 Å². The molecule has 0 aliphatic carbocycles. The van der Waals surface area contributed by atoms with Gasteiger partial charge in [0.15, 0.2) is 0 Å². The van der Waals surface area contributed by atoms with Crippen LogP contribution in [0.25, 0.3) is 11.2 Å². The molecule has 0 spiro atoms. The summed E-state index contributed by atoms with van der Waals surface area (Å²) in [6, 6.07) is 6.86. The third-order valence-corrected chi connectivity index (χ3v) is 4.65. The zero-order valence-corrected chi connectivity index (χ0v) is 15.4. The van der Waals surface area contributed by atoms with Crippen molar-refractivity contribution >= 4 is 17.1 Å². The number of nitrogens with two attached hydrogens (primary N) is 1. The molecule has 0 saturated heterocycles. The number of aromatic nitrogens is 3. The zero-order chi connectivity index (χ0) is 19.1. The Morgan fingerprint density at radius 1 is 1.31 bits per heavy atom. The minimum absolute atomic E-state index is 0.0268. The number of pyridine rings is 1. The van der Waals surface area contributed by atoms with Crippen LogP contribution in [-0.4, -0.2) is 26.1 Å². The second-order valence-electron chi connectivity index (χ2n) is 7.47. The molecule has 1 amide bonds. The van der Waals surface area contributed by atoms with Gasteiger partial charge in [-0.3, -0.25) is 14.2 Å². The van der Waals surface area contributed by atoms with Crippen LogP contribution in [0.2, 0.25) is 0 Å². The first kappa shape index (κ1) is 17.7. The summed E-state index contributed by atoms with van der Waals surface area (Å²) >= 11 is 0. The predicted molar refractivity (Wildman–Crippen MR) is 102 cm³/mol. The number of primary amides is 1. The van der Waals surface area contributed by atoms with E-state index in [0.29, 0.717) is 22.5 Å². The van der Waals surface area contributed by atoms with Crippen LogP contribution >= 0.6 is 0 Å². The highest BCUT2D eigenvalue weighted by atomic mass is 16.1. The average molecular weight is 353 g/mol. The number of carbonyl (C=O) groups excluding carboxylic acids is 1. The van der Waals surface area contributed by atoms with Gasteiger partial charge in [0.2, 0.25) is 0 Å². The number of hydrogen-bond donors (Lipinski definition) is 2. The highest BCUT2D eigenvalue weighted by Gasteiger charge is 2.23. The van der Waals surface area contributed by atoms with Crippen molar-refractivity contribution in [3.8, 4) is 5.69 Å². The average Bonchev–Trinajstić information content (AvgIpc) is 2.98. The van der Waals surface area contributed by atoms with Crippen LogP contribution in [0, 0.1) is 5.41 Å². The van der Waals surface area contributed by atoms with Crippen molar-refractivity contribution in [2.75, 3.05) is 5.32 Å². The molecule has 0 aliphatic heterocycles. The Hall–Kier alpha value is -3.09. The molecule has 3 heterocycles. The van der Waals surface area contributed by atoms with E-state index in [4.69, 9.17) is 5.73 Å². The Bertz CT molecular complexity index is 1030. The van der Waals surface area contributed by atoms with E-state index in [2.05, 4.69) is 31.2 Å². The van der Waals surface area contributed by atoms with Crippen molar-refractivity contribution in [1.29, 1.82) is 0 Å². The molecule has 7 nitrogen and oxygen atoms in total. The molecule has 3 N–H and O–H groups in total. The van der Waals surface area contributed by atoms with Crippen molar-refractivity contribution in [3.63, 3.8) is 0 Å². The van der Waals surface area contributed by atoms with Gasteiger partial charge in [0.25, 0.3) is 11.5 Å². The maximum atomic E-state index is 12.1. The number of carbonyl (C=O) groups is 1. The van der Waals surface area contributed by atoms with Crippen molar-refractivity contribution in [2.24, 2.45) is 11.1 Å². The van der Waals surface area contributed by atoms with E-state index in [1.165, 1.54) is 16.8 Å². The van der Waals surface area contributed by atoms with Crippen molar-refractivity contribution in [3.05, 3.63) is 58.8 Å². The molecule has 0 bridgehead atoms. The lowest BCUT2D eigenvalue weighted by atomic mass is 9.88. The van der Waals surface area contributed by atoms with E-state index >= 15 is 0 Å². The van der Waals surface area contributed by atoms with E-state index in [-0.39, 0.29) is 17.0 Å². The molecule has 0 aliphatic rings. The van der Waals surface area contributed by atoms with Crippen LogP contribution in [0.3, 0.4) is 0 Å². The van der Waals surface area contributed by atoms with Crippen LogP contribution in [-0.2, 0) is 0 Å². The quantitative estimate of drug-likeness (QED) is 0.753. The first-order valence-electron chi connectivity index (χ1n) is 8.44. The third kappa shape index (κ3) is 3.20. The van der Waals surface area contributed by atoms with Gasteiger partial charge >= 0.3 is 0 Å². The van der Waals surface area contributed by atoms with Gasteiger partial charge in [-0.05, 0) is 24.5 Å². The van der Waals surface area contributed by atoms with Crippen LogP contribution in [0.1, 0.15) is 38.1 Å². The lowest BCUT2D eigenvalue weighted by Crippen LogP contribution is -2.32. The number of nitrogens with zero attached hydrogens (tertiary/aromatic N) is 3. The Kier molecular flexibility index (Phi) is 4.31. The number of amides is 1. The van der Waals surface area contributed by atoms with Crippen LogP contribution in [0.15, 0.2) is 47.7 Å². The summed E-state index contributed by atoms with van der Waals surface area (Å²) in [6.45, 7) is 8.38. The van der Waals surface area contributed by atoms with Gasteiger partial charge in [0, 0.05) is 18.3 Å². The van der Waals surface area contributed by atoms with Gasteiger partial charge < -0.3 is 11.1 Å². The van der Waals surface area contributed by atoms with E-state index < -0.39 is 5.91 Å². The molecule has 0 fully saturated rings. The van der Waals surface area contributed by atoms with Gasteiger partial charge in [-0.25, -0.2) is 4.52 Å². The Balaban J connectivity index is 2.20. The Morgan fingerprint density at radius 2 is 2.04 bits per heavy atom. The van der Waals surface area contributed by atoms with Crippen LogP contribution < -0.4 is 16.6 Å². The second-order valence-corrected chi connectivity index (χ2v) is 7.47. The molecule has 0 radical (unpaired) electrons. The van der Waals surface area contributed by atoms with Crippen molar-refractivity contribution < 1.29 is 4.79 Å². The second kappa shape index (κ2) is 6.33. The predicted octanol–water partition coefficient (Wildman–Crippen LogP) is 2.43. The lowest BCUT2D eigenvalue weighted by Gasteiger charge is -2.29. The van der Waals surface area contributed by atoms with Gasteiger partial charge in [-0.15, -0.1) is 0 Å². The molecule has 0 saturated carbocycles. The fourth-order valence-corrected chi connectivity index (χ4v) is 2.59. The number of nitrogens with one attached hydrogen (secondary N) is 1. The number of anilines is 1. The van der Waals surface area contributed by atoms with Crippen LogP contribution in [0.5, 0.6) is 0 Å². The number of rotatable bonds is 4. The zero-order valence-electron chi connectivity index (χ0n) is 15.4. The fraction of sp³-hybridized carbons (Fsp3) is 0.316. The Labute approximate surface area is 151 Å². The third-order valence-electron chi connectivity index (χ3n) is 4.65. The summed E-state index contributed by atoms with van der Waals surface area (Å²) in [7, 11) is 0. The first-order valence-corrected chi connectivity index (χ1v) is 8.44. The Morgan fingerprint density at radius 3 is 2.65 bits per heavy atom.